The van der Waals surface area contributed by atoms with Gasteiger partial charge in [0, 0.05) is 16.5 Å². The number of imide groups is 1. The van der Waals surface area contributed by atoms with E-state index in [1.165, 1.54) is 18.3 Å². The van der Waals surface area contributed by atoms with Gasteiger partial charge in [-0.1, -0.05) is 23.8 Å². The number of thiazole rings is 1. The second-order valence-electron chi connectivity index (χ2n) is 7.52. The van der Waals surface area contributed by atoms with Crippen molar-refractivity contribution in [1.82, 2.24) is 15.6 Å². The molecule has 7 nitrogen and oxygen atoms in total. The topological polar surface area (TPSA) is 97.4 Å². The average Bonchev–Trinajstić information content (AvgIpc) is 3.01. The Morgan fingerprint density at radius 3 is 2.61 bits per heavy atom. The Morgan fingerprint density at radius 2 is 1.96 bits per heavy atom. The molecule has 0 bridgehead atoms. The molecule has 0 spiro atoms. The van der Waals surface area contributed by atoms with Gasteiger partial charge < -0.3 is 10.1 Å². The van der Waals surface area contributed by atoms with Gasteiger partial charge in [-0.25, -0.2) is 9.78 Å². The molecule has 0 aliphatic carbocycles. The number of aromatic nitrogens is 1. The van der Waals surface area contributed by atoms with E-state index in [1.54, 1.807) is 26.2 Å². The minimum absolute atomic E-state index is 0.0475. The van der Waals surface area contributed by atoms with Crippen LogP contribution in [0.15, 0.2) is 29.6 Å². The number of amides is 3. The summed E-state index contributed by atoms with van der Waals surface area (Å²) in [7, 11) is 0. The molecule has 2 aromatic rings. The minimum Gasteiger partial charge on any atom is -0.452 e. The third-order valence-corrected chi connectivity index (χ3v) is 4.49. The lowest BCUT2D eigenvalue weighted by atomic mass is 10.1. The summed E-state index contributed by atoms with van der Waals surface area (Å²) in [4.78, 5) is 40.3. The standard InChI is InChI=1S/C20H25N3O4S/c1-12-7-6-8-14(9-12)18-21-15(11-28-18)10-16(24)27-13(2)17(25)22-19(26)23-20(3,4)5/h6-9,11,13H,10H2,1-5H3,(H2,22,23,25,26)/t13-/m0/s1. The number of hydrogen-bond acceptors (Lipinski definition) is 6. The largest absolute Gasteiger partial charge is 0.452 e. The Balaban J connectivity index is 1.88. The lowest BCUT2D eigenvalue weighted by Gasteiger charge is -2.21. The van der Waals surface area contributed by atoms with Crippen LogP contribution in [0, 0.1) is 6.92 Å². The number of hydrogen-bond donors (Lipinski definition) is 2. The van der Waals surface area contributed by atoms with Crippen LogP contribution in [0.5, 0.6) is 0 Å². The number of ether oxygens (including phenoxy) is 1. The Hall–Kier alpha value is -2.74. The summed E-state index contributed by atoms with van der Waals surface area (Å²) in [5.74, 6) is -1.27. The number of aryl methyl sites for hydroxylation is 1. The Labute approximate surface area is 168 Å². The van der Waals surface area contributed by atoms with Crippen molar-refractivity contribution >= 4 is 29.2 Å². The fourth-order valence-corrected chi connectivity index (χ4v) is 3.14. The molecular formula is C20H25N3O4S. The molecule has 0 saturated carbocycles. The van der Waals surface area contributed by atoms with Gasteiger partial charge in [-0.3, -0.25) is 14.9 Å². The summed E-state index contributed by atoms with van der Waals surface area (Å²) in [6.45, 7) is 8.79. The maximum Gasteiger partial charge on any atom is 0.321 e. The number of urea groups is 1. The van der Waals surface area contributed by atoms with E-state index < -0.39 is 29.6 Å². The number of nitrogens with zero attached hydrogens (tertiary/aromatic N) is 1. The molecule has 0 radical (unpaired) electrons. The molecule has 0 fully saturated rings. The quantitative estimate of drug-likeness (QED) is 0.747. The summed E-state index contributed by atoms with van der Waals surface area (Å²) in [6.07, 6.45) is -1.14. The number of carbonyl (C=O) groups is 3. The molecule has 1 aromatic carbocycles. The molecule has 0 aliphatic heterocycles. The van der Waals surface area contributed by atoms with Crippen molar-refractivity contribution in [3.63, 3.8) is 0 Å². The minimum atomic E-state index is -1.09. The average molecular weight is 404 g/mol. The van der Waals surface area contributed by atoms with Crippen LogP contribution in [0.2, 0.25) is 0 Å². The van der Waals surface area contributed by atoms with Gasteiger partial charge in [0.15, 0.2) is 6.10 Å². The van der Waals surface area contributed by atoms with Crippen LogP contribution >= 0.6 is 11.3 Å². The molecule has 3 amide bonds. The zero-order valence-corrected chi connectivity index (χ0v) is 17.5. The molecule has 2 rings (SSSR count). The van der Waals surface area contributed by atoms with E-state index in [4.69, 9.17) is 4.74 Å². The van der Waals surface area contributed by atoms with Crippen LogP contribution < -0.4 is 10.6 Å². The highest BCUT2D eigenvalue weighted by atomic mass is 32.1. The molecule has 8 heteroatoms. The predicted molar refractivity (Wildman–Crippen MR) is 108 cm³/mol. The third-order valence-electron chi connectivity index (χ3n) is 3.54. The van der Waals surface area contributed by atoms with Crippen molar-refractivity contribution in [2.75, 3.05) is 0 Å². The van der Waals surface area contributed by atoms with Crippen molar-refractivity contribution in [3.8, 4) is 10.6 Å². The molecule has 28 heavy (non-hydrogen) atoms. The van der Waals surface area contributed by atoms with Crippen LogP contribution in [-0.2, 0) is 20.7 Å². The molecule has 0 aliphatic rings. The molecule has 1 aromatic heterocycles. The normalized spacial score (nSPS) is 12.2. The van der Waals surface area contributed by atoms with E-state index in [1.807, 2.05) is 31.2 Å². The summed E-state index contributed by atoms with van der Waals surface area (Å²) in [5.41, 5.74) is 2.21. The first-order valence-electron chi connectivity index (χ1n) is 8.87. The maximum atomic E-state index is 12.1. The first kappa shape index (κ1) is 21.6. The van der Waals surface area contributed by atoms with Gasteiger partial charge in [-0.05, 0) is 40.7 Å². The smallest absolute Gasteiger partial charge is 0.321 e. The highest BCUT2D eigenvalue weighted by Gasteiger charge is 2.22. The van der Waals surface area contributed by atoms with Gasteiger partial charge in [-0.2, -0.15) is 0 Å². The van der Waals surface area contributed by atoms with Gasteiger partial charge in [0.25, 0.3) is 5.91 Å². The third kappa shape index (κ3) is 6.77. The van der Waals surface area contributed by atoms with E-state index in [0.29, 0.717) is 5.69 Å². The molecule has 0 saturated heterocycles. The number of benzene rings is 1. The SMILES string of the molecule is Cc1cccc(-c2nc(CC(=O)O[C@@H](C)C(=O)NC(=O)NC(C)(C)C)cs2)c1. The van der Waals surface area contributed by atoms with Gasteiger partial charge in [0.05, 0.1) is 12.1 Å². The second-order valence-corrected chi connectivity index (χ2v) is 8.37. The number of carbonyl (C=O) groups excluding carboxylic acids is 3. The van der Waals surface area contributed by atoms with Crippen molar-refractivity contribution in [2.24, 2.45) is 0 Å². The van der Waals surface area contributed by atoms with Crippen molar-refractivity contribution in [3.05, 3.63) is 40.9 Å². The molecular weight excluding hydrogens is 378 g/mol. The number of esters is 1. The van der Waals surface area contributed by atoms with Gasteiger partial charge in [0.2, 0.25) is 0 Å². The molecule has 2 N–H and O–H groups in total. The molecule has 1 atom stereocenters. The van der Waals surface area contributed by atoms with Gasteiger partial charge in [-0.15, -0.1) is 11.3 Å². The van der Waals surface area contributed by atoms with Gasteiger partial charge >= 0.3 is 12.0 Å². The fourth-order valence-electron chi connectivity index (χ4n) is 2.32. The fraction of sp³-hybridized carbons (Fsp3) is 0.400. The summed E-state index contributed by atoms with van der Waals surface area (Å²) in [6, 6.07) is 7.31. The summed E-state index contributed by atoms with van der Waals surface area (Å²) in [5, 5.41) is 7.36. The van der Waals surface area contributed by atoms with Crippen LogP contribution in [0.4, 0.5) is 4.79 Å². The molecule has 0 unspecified atom stereocenters. The van der Waals surface area contributed by atoms with Crippen molar-refractivity contribution < 1.29 is 19.1 Å². The van der Waals surface area contributed by atoms with Crippen LogP contribution in [0.3, 0.4) is 0 Å². The van der Waals surface area contributed by atoms with Gasteiger partial charge in [0.1, 0.15) is 5.01 Å². The van der Waals surface area contributed by atoms with Crippen LogP contribution in [0.1, 0.15) is 39.0 Å². The zero-order chi connectivity index (χ0) is 20.9. The highest BCUT2D eigenvalue weighted by molar-refractivity contribution is 7.13. The number of rotatable bonds is 5. The highest BCUT2D eigenvalue weighted by Crippen LogP contribution is 2.24. The summed E-state index contributed by atoms with van der Waals surface area (Å²) >= 11 is 1.44. The predicted octanol–water partition coefficient (Wildman–Crippen LogP) is 3.22. The zero-order valence-electron chi connectivity index (χ0n) is 16.7. The first-order chi connectivity index (χ1) is 13.0. The monoisotopic (exact) mass is 403 g/mol. The second kappa shape index (κ2) is 8.97. The Bertz CT molecular complexity index is 870. The van der Waals surface area contributed by atoms with Crippen molar-refractivity contribution in [1.29, 1.82) is 0 Å². The lowest BCUT2D eigenvalue weighted by Crippen LogP contribution is -2.50. The van der Waals surface area contributed by atoms with Crippen LogP contribution in [-0.4, -0.2) is 34.5 Å². The maximum absolute atomic E-state index is 12.1. The summed E-state index contributed by atoms with van der Waals surface area (Å²) < 4.78 is 5.11. The van der Waals surface area contributed by atoms with E-state index >= 15 is 0 Å². The molecule has 150 valence electrons. The van der Waals surface area contributed by atoms with E-state index in [-0.39, 0.29) is 6.42 Å². The van der Waals surface area contributed by atoms with E-state index in [2.05, 4.69) is 15.6 Å². The van der Waals surface area contributed by atoms with E-state index in [0.717, 1.165) is 16.1 Å². The first-order valence-corrected chi connectivity index (χ1v) is 9.75. The van der Waals surface area contributed by atoms with Crippen LogP contribution in [0.25, 0.3) is 10.6 Å². The number of nitrogens with one attached hydrogen (secondary N) is 2. The Kier molecular flexibility index (Phi) is 6.90. The molecule has 1 heterocycles. The Morgan fingerprint density at radius 1 is 1.25 bits per heavy atom. The van der Waals surface area contributed by atoms with E-state index in [9.17, 15) is 14.4 Å². The lowest BCUT2D eigenvalue weighted by molar-refractivity contribution is -0.153. The van der Waals surface area contributed by atoms with Crippen molar-refractivity contribution in [2.45, 2.75) is 52.7 Å².